The number of fused-ring (bicyclic) bond motifs is 1. The van der Waals surface area contributed by atoms with Crippen molar-refractivity contribution in [2.45, 2.75) is 19.2 Å². The van der Waals surface area contributed by atoms with Gasteiger partial charge in [-0.3, -0.25) is 4.52 Å². The van der Waals surface area contributed by atoms with Crippen molar-refractivity contribution in [3.8, 4) is 28.7 Å². The van der Waals surface area contributed by atoms with Crippen LogP contribution >= 0.6 is 42.6 Å². The van der Waals surface area contributed by atoms with Crippen molar-refractivity contribution in [1.82, 2.24) is 19.5 Å². The number of ether oxygens (including phenoxy) is 1. The summed E-state index contributed by atoms with van der Waals surface area (Å²) < 4.78 is 66.3. The molecule has 3 aromatic heterocycles. The summed E-state index contributed by atoms with van der Waals surface area (Å²) in [6.07, 6.45) is -3.47. The van der Waals surface area contributed by atoms with Gasteiger partial charge in [0.2, 0.25) is 5.82 Å². The van der Waals surface area contributed by atoms with Crippen LogP contribution in [0.3, 0.4) is 0 Å². The Hall–Kier alpha value is -2.38. The molecule has 3 heterocycles. The number of imidazole rings is 1. The highest BCUT2D eigenvalue weighted by atomic mass is 35.5. The summed E-state index contributed by atoms with van der Waals surface area (Å²) in [5.74, 6) is -0.0132. The molecule has 1 unspecified atom stereocenters. The fourth-order valence-electron chi connectivity index (χ4n) is 3.03. The Morgan fingerprint density at radius 3 is 2.50 bits per heavy atom. The summed E-state index contributed by atoms with van der Waals surface area (Å²) >= 11 is 18.5. The van der Waals surface area contributed by atoms with Crippen LogP contribution in [0.1, 0.15) is 12.5 Å². The zero-order chi connectivity index (χ0) is 26.4. The molecule has 0 aliphatic carbocycles. The molecule has 36 heavy (non-hydrogen) atoms. The number of hydrogen-bond acceptors (Lipinski definition) is 7. The van der Waals surface area contributed by atoms with Gasteiger partial charge in [0.1, 0.15) is 24.2 Å². The van der Waals surface area contributed by atoms with Gasteiger partial charge in [-0.15, -0.1) is 0 Å². The maximum absolute atomic E-state index is 13.1. The number of hydrogen-bond donors (Lipinski definition) is 2. The van der Waals surface area contributed by atoms with Gasteiger partial charge in [-0.25, -0.2) is 9.55 Å². The average Bonchev–Trinajstić information content (AvgIpc) is 3.39. The molecule has 17 heteroatoms. The smallest absolute Gasteiger partial charge is 0.469 e. The summed E-state index contributed by atoms with van der Waals surface area (Å²) in [6.45, 7) is 1.15. The highest BCUT2D eigenvalue weighted by Gasteiger charge is 2.32. The summed E-state index contributed by atoms with van der Waals surface area (Å²) in [6, 6.07) is 3.47. The van der Waals surface area contributed by atoms with E-state index in [0.29, 0.717) is 0 Å². The van der Waals surface area contributed by atoms with E-state index < -0.39 is 25.7 Å². The number of halogens is 6. The minimum Gasteiger partial charge on any atom is -0.489 e. The highest BCUT2D eigenvalue weighted by Crippen LogP contribution is 2.39. The Labute approximate surface area is 214 Å². The van der Waals surface area contributed by atoms with Crippen LogP contribution in [0.2, 0.25) is 15.1 Å². The van der Waals surface area contributed by atoms with E-state index >= 15 is 0 Å². The fraction of sp³-hybridized carbons (Fsp3) is 0.211. The largest absolute Gasteiger partial charge is 0.489 e. The molecule has 0 radical (unpaired) electrons. The van der Waals surface area contributed by atoms with E-state index in [-0.39, 0.29) is 56.0 Å². The van der Waals surface area contributed by atoms with Crippen molar-refractivity contribution < 1.29 is 41.3 Å². The van der Waals surface area contributed by atoms with E-state index in [1.807, 2.05) is 0 Å². The van der Waals surface area contributed by atoms with Crippen molar-refractivity contribution in [2.24, 2.45) is 0 Å². The second kappa shape index (κ2) is 9.82. The summed E-state index contributed by atoms with van der Waals surface area (Å²) in [4.78, 5) is 26.0. The van der Waals surface area contributed by atoms with Crippen molar-refractivity contribution in [3.05, 3.63) is 51.2 Å². The van der Waals surface area contributed by atoms with Gasteiger partial charge in [-0.05, 0) is 19.1 Å². The molecule has 4 rings (SSSR count). The third kappa shape index (κ3) is 5.94. The van der Waals surface area contributed by atoms with Crippen LogP contribution in [0.15, 0.2) is 35.1 Å². The number of phosphoric ester groups is 1. The van der Waals surface area contributed by atoms with Gasteiger partial charge in [0, 0.05) is 24.0 Å². The Balaban J connectivity index is 1.58. The first-order valence-electron chi connectivity index (χ1n) is 9.67. The lowest BCUT2D eigenvalue weighted by Gasteiger charge is -2.15. The fourth-order valence-corrected chi connectivity index (χ4v) is 4.28. The average molecular weight is 588 g/mol. The normalized spacial score (nSPS) is 13.4. The Bertz CT molecular complexity index is 1490. The number of benzene rings is 1. The van der Waals surface area contributed by atoms with Crippen LogP contribution in [0.4, 0.5) is 13.2 Å². The molecule has 0 aliphatic heterocycles. The van der Waals surface area contributed by atoms with Crippen molar-refractivity contribution in [2.75, 3.05) is 6.61 Å². The van der Waals surface area contributed by atoms with Crippen molar-refractivity contribution in [3.63, 3.8) is 0 Å². The summed E-state index contributed by atoms with van der Waals surface area (Å²) in [5.41, 5.74) is -0.596. The standard InChI is InChI=1S/C19H13Cl3F3N4O6P/c1-8(35-36(30,31)32)7-33-15-4-11(20)10(3-12(15)21)16-27-18(34-28-16)14-6-29-5-9(19(23,24)25)2-13(22)17(29)26-14/h2-6,8H,7H2,1H3,(H2,30,31,32). The lowest BCUT2D eigenvalue weighted by Crippen LogP contribution is -2.17. The van der Waals surface area contributed by atoms with Crippen LogP contribution in [-0.4, -0.2) is 42.0 Å². The molecule has 0 spiro atoms. The molecule has 4 aromatic rings. The van der Waals surface area contributed by atoms with E-state index in [1.54, 1.807) is 0 Å². The second-order valence-corrected chi connectivity index (χ2v) is 9.75. The first kappa shape index (κ1) is 26.7. The van der Waals surface area contributed by atoms with Gasteiger partial charge in [-0.1, -0.05) is 40.0 Å². The van der Waals surface area contributed by atoms with E-state index in [2.05, 4.69) is 19.6 Å². The first-order valence-corrected chi connectivity index (χ1v) is 12.3. The molecule has 192 valence electrons. The zero-order valence-electron chi connectivity index (χ0n) is 17.7. The highest BCUT2D eigenvalue weighted by molar-refractivity contribution is 7.46. The molecule has 2 N–H and O–H groups in total. The van der Waals surface area contributed by atoms with Gasteiger partial charge in [-0.2, -0.15) is 18.2 Å². The third-order valence-corrected chi connectivity index (χ3v) is 6.05. The molecular formula is C19H13Cl3F3N4O6P. The van der Waals surface area contributed by atoms with Crippen LogP contribution < -0.4 is 4.74 Å². The van der Waals surface area contributed by atoms with Crippen LogP contribution in [0.25, 0.3) is 28.6 Å². The predicted octanol–water partition coefficient (Wildman–Crippen LogP) is 5.91. The molecular weight excluding hydrogens is 575 g/mol. The molecule has 0 aliphatic rings. The molecule has 1 atom stereocenters. The van der Waals surface area contributed by atoms with Crippen LogP contribution in [-0.2, 0) is 15.3 Å². The summed E-state index contributed by atoms with van der Waals surface area (Å²) in [7, 11) is -4.69. The van der Waals surface area contributed by atoms with E-state index in [9.17, 15) is 17.7 Å². The Kier molecular flexibility index (Phi) is 7.28. The third-order valence-electron chi connectivity index (χ3n) is 4.53. The van der Waals surface area contributed by atoms with Crippen molar-refractivity contribution >= 4 is 48.3 Å². The number of pyridine rings is 1. The van der Waals surface area contributed by atoms with Gasteiger partial charge >= 0.3 is 14.0 Å². The quantitative estimate of drug-likeness (QED) is 0.253. The number of aromatic nitrogens is 4. The van der Waals surface area contributed by atoms with E-state index in [4.69, 9.17) is 53.8 Å². The molecule has 0 bridgehead atoms. The number of rotatable bonds is 7. The molecule has 0 fully saturated rings. The monoisotopic (exact) mass is 586 g/mol. The number of nitrogens with zero attached hydrogens (tertiary/aromatic N) is 4. The maximum Gasteiger partial charge on any atom is 0.469 e. The second-order valence-electron chi connectivity index (χ2n) is 7.33. The first-order chi connectivity index (χ1) is 16.7. The minimum absolute atomic E-state index is 0.000726. The van der Waals surface area contributed by atoms with E-state index in [1.165, 1.54) is 25.3 Å². The molecule has 0 saturated heterocycles. The lowest BCUT2D eigenvalue weighted by atomic mass is 10.2. The van der Waals surface area contributed by atoms with Crippen molar-refractivity contribution in [1.29, 1.82) is 0 Å². The topological polar surface area (TPSA) is 132 Å². The molecule has 0 amide bonds. The lowest BCUT2D eigenvalue weighted by molar-refractivity contribution is -0.137. The predicted molar refractivity (Wildman–Crippen MR) is 122 cm³/mol. The Morgan fingerprint density at radius 1 is 1.11 bits per heavy atom. The zero-order valence-corrected chi connectivity index (χ0v) is 20.9. The van der Waals surface area contributed by atoms with Crippen LogP contribution in [0, 0.1) is 0 Å². The number of alkyl halides is 3. The van der Waals surface area contributed by atoms with Gasteiger partial charge in [0.15, 0.2) is 5.65 Å². The van der Waals surface area contributed by atoms with Gasteiger partial charge in [0.25, 0.3) is 5.89 Å². The SMILES string of the molecule is CC(COc1cc(Cl)c(-c2noc(-c3cn4cc(C(F)(F)F)cc(Cl)c4n3)n2)cc1Cl)OP(=O)(O)O. The van der Waals surface area contributed by atoms with E-state index in [0.717, 1.165) is 16.7 Å². The Morgan fingerprint density at radius 2 is 1.83 bits per heavy atom. The number of phosphoric acid groups is 1. The van der Waals surface area contributed by atoms with Gasteiger partial charge in [0.05, 0.1) is 20.6 Å². The minimum atomic E-state index is -4.69. The van der Waals surface area contributed by atoms with Crippen LogP contribution in [0.5, 0.6) is 5.75 Å². The summed E-state index contributed by atoms with van der Waals surface area (Å²) in [5, 5.41) is 3.77. The van der Waals surface area contributed by atoms with Gasteiger partial charge < -0.3 is 23.4 Å². The molecule has 1 aromatic carbocycles. The molecule has 0 saturated carbocycles. The maximum atomic E-state index is 13.1. The molecule has 10 nitrogen and oxygen atoms in total.